The van der Waals surface area contributed by atoms with Crippen LogP contribution in [-0.4, -0.2) is 39.1 Å². The van der Waals surface area contributed by atoms with E-state index in [4.69, 9.17) is 16.9 Å². The fourth-order valence-corrected chi connectivity index (χ4v) is 4.72. The van der Waals surface area contributed by atoms with E-state index >= 15 is 0 Å². The minimum Gasteiger partial charge on any atom is -0.343 e. The molecule has 0 fully saturated rings. The molecular weight excluding hydrogens is 438 g/mol. The van der Waals surface area contributed by atoms with Crippen molar-refractivity contribution in [2.75, 3.05) is 12.0 Å². The van der Waals surface area contributed by atoms with E-state index in [1.807, 2.05) is 28.8 Å². The number of benzene rings is 1. The van der Waals surface area contributed by atoms with Crippen molar-refractivity contribution in [1.82, 2.24) is 18.7 Å². The second-order valence-electron chi connectivity index (χ2n) is 7.45. The summed E-state index contributed by atoms with van der Waals surface area (Å²) in [6, 6.07) is 11.2. The first kappa shape index (κ1) is 21.2. The molecule has 160 valence electrons. The Balaban J connectivity index is 1.82. The lowest BCUT2D eigenvalue weighted by Crippen LogP contribution is -2.25. The molecule has 0 spiro atoms. The Morgan fingerprint density at radius 1 is 1.10 bits per heavy atom. The molecule has 3 heterocycles. The third-order valence-corrected chi connectivity index (χ3v) is 6.48. The van der Waals surface area contributed by atoms with Crippen molar-refractivity contribution in [3.8, 4) is 6.07 Å². The molecular formula is C21H20ClN5O3S. The topological polar surface area (TPSA) is 103 Å². The number of sulfone groups is 1. The van der Waals surface area contributed by atoms with Crippen molar-refractivity contribution in [1.29, 1.82) is 5.26 Å². The van der Waals surface area contributed by atoms with Gasteiger partial charge in [-0.2, -0.15) is 5.26 Å². The van der Waals surface area contributed by atoms with Crippen LogP contribution in [0.4, 0.5) is 0 Å². The molecule has 4 aromatic rings. The van der Waals surface area contributed by atoms with Crippen LogP contribution < -0.4 is 5.69 Å². The molecule has 8 nitrogen and oxygen atoms in total. The van der Waals surface area contributed by atoms with Crippen molar-refractivity contribution in [3.63, 3.8) is 0 Å². The van der Waals surface area contributed by atoms with Crippen LogP contribution >= 0.6 is 11.6 Å². The van der Waals surface area contributed by atoms with Gasteiger partial charge in [-0.25, -0.2) is 13.2 Å². The molecule has 0 bridgehead atoms. The fourth-order valence-electron chi connectivity index (χ4n) is 3.88. The van der Waals surface area contributed by atoms with Crippen LogP contribution in [0.15, 0.2) is 47.5 Å². The van der Waals surface area contributed by atoms with E-state index in [1.54, 1.807) is 29.1 Å². The first-order chi connectivity index (χ1) is 14.8. The Kier molecular flexibility index (Phi) is 5.60. The van der Waals surface area contributed by atoms with Crippen molar-refractivity contribution in [2.24, 2.45) is 0 Å². The van der Waals surface area contributed by atoms with Gasteiger partial charge in [0.2, 0.25) is 0 Å². The summed E-state index contributed by atoms with van der Waals surface area (Å²) in [5.41, 5.74) is 2.74. The van der Waals surface area contributed by atoms with Crippen LogP contribution in [0.1, 0.15) is 12.1 Å². The smallest absolute Gasteiger partial charge is 0.330 e. The van der Waals surface area contributed by atoms with Gasteiger partial charge in [0.25, 0.3) is 0 Å². The second kappa shape index (κ2) is 8.21. The zero-order chi connectivity index (χ0) is 22.2. The monoisotopic (exact) mass is 457 g/mol. The predicted octanol–water partition coefficient (Wildman–Crippen LogP) is 2.81. The van der Waals surface area contributed by atoms with Gasteiger partial charge in [-0.3, -0.25) is 14.1 Å². The standard InChI is InChI=1S/C21H20ClN5O3S/c1-31(29,30)10-2-8-25-17(12-15-11-16(22)3-4-18(15)25)14-27-20-13-24-7-5-19(20)26(9-6-23)21(27)28/h3-5,7,11-13H,2,8-10,14H2,1H3. The highest BCUT2D eigenvalue weighted by Gasteiger charge is 2.17. The molecule has 0 saturated carbocycles. The molecule has 0 amide bonds. The minimum atomic E-state index is -3.08. The lowest BCUT2D eigenvalue weighted by atomic mass is 10.2. The molecule has 1 aromatic carbocycles. The molecule has 0 aliphatic rings. The van der Waals surface area contributed by atoms with Gasteiger partial charge in [0.15, 0.2) is 0 Å². The normalized spacial score (nSPS) is 11.9. The summed E-state index contributed by atoms with van der Waals surface area (Å²) in [5.74, 6) is 0.0745. The Morgan fingerprint density at radius 3 is 2.65 bits per heavy atom. The maximum absolute atomic E-state index is 13.0. The van der Waals surface area contributed by atoms with Gasteiger partial charge in [-0.05, 0) is 36.8 Å². The molecule has 0 saturated heterocycles. The van der Waals surface area contributed by atoms with Crippen molar-refractivity contribution in [2.45, 2.75) is 26.1 Å². The number of nitrogens with zero attached hydrogens (tertiary/aromatic N) is 5. The maximum atomic E-state index is 13.0. The third-order valence-electron chi connectivity index (χ3n) is 5.22. The highest BCUT2D eigenvalue weighted by Crippen LogP contribution is 2.25. The summed E-state index contributed by atoms with van der Waals surface area (Å²) in [6.45, 7) is 0.682. The fraction of sp³-hybridized carbons (Fsp3) is 0.286. The number of rotatable bonds is 7. The quantitative estimate of drug-likeness (QED) is 0.424. The van der Waals surface area contributed by atoms with E-state index in [0.29, 0.717) is 29.0 Å². The molecule has 0 unspecified atom stereocenters. The second-order valence-corrected chi connectivity index (χ2v) is 10.1. The molecule has 4 rings (SSSR count). The Labute approximate surface area is 183 Å². The third kappa shape index (κ3) is 4.22. The molecule has 0 atom stereocenters. The van der Waals surface area contributed by atoms with E-state index in [9.17, 15) is 13.2 Å². The summed E-state index contributed by atoms with van der Waals surface area (Å²) in [7, 11) is -3.08. The van der Waals surface area contributed by atoms with E-state index in [1.165, 1.54) is 10.8 Å². The number of hydrogen-bond acceptors (Lipinski definition) is 5. The number of pyridine rings is 1. The van der Waals surface area contributed by atoms with Gasteiger partial charge in [-0.15, -0.1) is 0 Å². The Bertz CT molecular complexity index is 1490. The summed E-state index contributed by atoms with van der Waals surface area (Å²) >= 11 is 6.16. The molecule has 3 aromatic heterocycles. The summed E-state index contributed by atoms with van der Waals surface area (Å²) in [6.07, 6.45) is 4.87. The minimum absolute atomic E-state index is 0.0562. The lowest BCUT2D eigenvalue weighted by Gasteiger charge is -2.11. The van der Waals surface area contributed by atoms with Crippen LogP contribution in [0.3, 0.4) is 0 Å². The van der Waals surface area contributed by atoms with E-state index < -0.39 is 9.84 Å². The number of imidazole rings is 1. The van der Waals surface area contributed by atoms with Gasteiger partial charge in [-0.1, -0.05) is 11.6 Å². The van der Waals surface area contributed by atoms with Crippen LogP contribution in [0.2, 0.25) is 5.02 Å². The number of halogens is 1. The van der Waals surface area contributed by atoms with Gasteiger partial charge < -0.3 is 4.57 Å². The van der Waals surface area contributed by atoms with E-state index in [-0.39, 0.29) is 24.5 Å². The molecule has 0 N–H and O–H groups in total. The lowest BCUT2D eigenvalue weighted by molar-refractivity contribution is 0.588. The molecule has 0 aliphatic heterocycles. The number of fused-ring (bicyclic) bond motifs is 2. The van der Waals surface area contributed by atoms with Gasteiger partial charge in [0, 0.05) is 40.6 Å². The molecule has 0 radical (unpaired) electrons. The van der Waals surface area contributed by atoms with E-state index in [0.717, 1.165) is 16.6 Å². The summed E-state index contributed by atoms with van der Waals surface area (Å²) in [5, 5.41) is 10.6. The van der Waals surface area contributed by atoms with Gasteiger partial charge in [0.1, 0.15) is 16.4 Å². The average Bonchev–Trinajstić information content (AvgIpc) is 3.17. The zero-order valence-corrected chi connectivity index (χ0v) is 18.4. The zero-order valence-electron chi connectivity index (χ0n) is 16.8. The molecule has 31 heavy (non-hydrogen) atoms. The first-order valence-electron chi connectivity index (χ1n) is 9.64. The van der Waals surface area contributed by atoms with E-state index in [2.05, 4.69) is 4.98 Å². The van der Waals surface area contributed by atoms with Gasteiger partial charge in [0.05, 0.1) is 35.6 Å². The Hall–Kier alpha value is -3.09. The molecule has 0 aliphatic carbocycles. The largest absolute Gasteiger partial charge is 0.343 e. The summed E-state index contributed by atoms with van der Waals surface area (Å²) < 4.78 is 28.2. The number of aryl methyl sites for hydroxylation is 1. The SMILES string of the molecule is CS(=O)(=O)CCCn1c(Cn2c(=O)n(CC#N)c3ccncc32)cc2cc(Cl)ccc21. The Morgan fingerprint density at radius 2 is 1.90 bits per heavy atom. The number of hydrogen-bond donors (Lipinski definition) is 0. The highest BCUT2D eigenvalue weighted by atomic mass is 35.5. The maximum Gasteiger partial charge on any atom is 0.330 e. The summed E-state index contributed by atoms with van der Waals surface area (Å²) in [4.78, 5) is 17.2. The van der Waals surface area contributed by atoms with Crippen LogP contribution in [0, 0.1) is 11.3 Å². The van der Waals surface area contributed by atoms with Gasteiger partial charge >= 0.3 is 5.69 Å². The number of nitriles is 1. The first-order valence-corrected chi connectivity index (χ1v) is 12.1. The van der Waals surface area contributed by atoms with Crippen molar-refractivity contribution in [3.05, 3.63) is 63.9 Å². The van der Waals surface area contributed by atoms with Crippen LogP contribution in [-0.2, 0) is 29.5 Å². The van der Waals surface area contributed by atoms with Crippen LogP contribution in [0.5, 0.6) is 0 Å². The number of aromatic nitrogens is 4. The van der Waals surface area contributed by atoms with Crippen molar-refractivity contribution >= 4 is 43.4 Å². The van der Waals surface area contributed by atoms with Crippen LogP contribution in [0.25, 0.3) is 21.9 Å². The predicted molar refractivity (Wildman–Crippen MR) is 120 cm³/mol. The van der Waals surface area contributed by atoms with Crippen molar-refractivity contribution < 1.29 is 8.42 Å². The average molecular weight is 458 g/mol. The highest BCUT2D eigenvalue weighted by molar-refractivity contribution is 7.90. The molecule has 10 heteroatoms.